The maximum Gasteiger partial charge on any atom is 0.242 e. The fourth-order valence-corrected chi connectivity index (χ4v) is 2.48. The number of anilines is 1. The standard InChI is InChI=1S/C14H16ClN5O/c1-10(14(21)18-12-3-2-11(15)8-17-12)20-7-6-19-5-4-16-13(19)9-20/h2-5,8,10H,6-7,9H2,1H3,(H,17,18,21)/t10-/m1/s1. The zero-order valence-electron chi connectivity index (χ0n) is 11.7. The second-order valence-electron chi connectivity index (χ2n) is 5.03. The highest BCUT2D eigenvalue weighted by Crippen LogP contribution is 2.15. The molecule has 1 atom stereocenters. The minimum atomic E-state index is -0.243. The number of nitrogens with one attached hydrogen (secondary N) is 1. The first-order valence-corrected chi connectivity index (χ1v) is 7.18. The summed E-state index contributed by atoms with van der Waals surface area (Å²) >= 11 is 5.78. The number of carbonyl (C=O) groups excluding carboxylic acids is 1. The number of halogens is 1. The van der Waals surface area contributed by atoms with Crippen LogP contribution in [0.5, 0.6) is 0 Å². The molecule has 0 aliphatic carbocycles. The van der Waals surface area contributed by atoms with Crippen molar-refractivity contribution in [2.45, 2.75) is 26.1 Å². The smallest absolute Gasteiger partial charge is 0.242 e. The van der Waals surface area contributed by atoms with Gasteiger partial charge >= 0.3 is 0 Å². The fraction of sp³-hybridized carbons (Fsp3) is 0.357. The Morgan fingerprint density at radius 1 is 1.38 bits per heavy atom. The van der Waals surface area contributed by atoms with Crippen molar-refractivity contribution in [2.24, 2.45) is 0 Å². The van der Waals surface area contributed by atoms with E-state index in [0.717, 1.165) is 18.9 Å². The van der Waals surface area contributed by atoms with Crippen molar-refractivity contribution in [3.63, 3.8) is 0 Å². The van der Waals surface area contributed by atoms with Crippen LogP contribution in [0.2, 0.25) is 5.02 Å². The summed E-state index contributed by atoms with van der Waals surface area (Å²) in [7, 11) is 0. The summed E-state index contributed by atoms with van der Waals surface area (Å²) in [4.78, 5) is 22.8. The van der Waals surface area contributed by atoms with Crippen molar-refractivity contribution in [3.8, 4) is 0 Å². The molecule has 0 saturated heterocycles. The van der Waals surface area contributed by atoms with E-state index in [1.807, 2.05) is 13.1 Å². The predicted octanol–water partition coefficient (Wildman–Crippen LogP) is 1.77. The molecular formula is C14H16ClN5O. The fourth-order valence-electron chi connectivity index (χ4n) is 2.37. The van der Waals surface area contributed by atoms with Crippen molar-refractivity contribution >= 4 is 23.3 Å². The number of rotatable bonds is 3. The molecule has 1 N–H and O–H groups in total. The third-order valence-corrected chi connectivity index (χ3v) is 3.90. The van der Waals surface area contributed by atoms with Crippen LogP contribution >= 0.6 is 11.6 Å². The third kappa shape index (κ3) is 3.06. The summed E-state index contributed by atoms with van der Waals surface area (Å²) in [5, 5.41) is 3.35. The summed E-state index contributed by atoms with van der Waals surface area (Å²) in [5.41, 5.74) is 0. The summed E-state index contributed by atoms with van der Waals surface area (Å²) < 4.78 is 2.11. The van der Waals surface area contributed by atoms with Crippen LogP contribution in [-0.4, -0.2) is 37.9 Å². The molecule has 2 aromatic heterocycles. The van der Waals surface area contributed by atoms with Gasteiger partial charge in [-0.2, -0.15) is 0 Å². The predicted molar refractivity (Wildman–Crippen MR) is 80.0 cm³/mol. The number of imidazole rings is 1. The molecule has 1 amide bonds. The molecule has 3 rings (SSSR count). The van der Waals surface area contributed by atoms with Gasteiger partial charge < -0.3 is 9.88 Å². The van der Waals surface area contributed by atoms with Gasteiger partial charge in [0.15, 0.2) is 0 Å². The van der Waals surface area contributed by atoms with E-state index >= 15 is 0 Å². The normalized spacial score (nSPS) is 16.3. The molecule has 0 spiro atoms. The van der Waals surface area contributed by atoms with Crippen LogP contribution < -0.4 is 5.32 Å². The van der Waals surface area contributed by atoms with Crippen LogP contribution in [0.3, 0.4) is 0 Å². The zero-order valence-corrected chi connectivity index (χ0v) is 12.4. The Labute approximate surface area is 127 Å². The first-order valence-electron chi connectivity index (χ1n) is 6.80. The molecule has 0 saturated carbocycles. The molecule has 7 heteroatoms. The highest BCUT2D eigenvalue weighted by molar-refractivity contribution is 6.30. The van der Waals surface area contributed by atoms with Gasteiger partial charge in [0.2, 0.25) is 5.91 Å². The van der Waals surface area contributed by atoms with E-state index in [2.05, 4.69) is 24.8 Å². The maximum atomic E-state index is 12.3. The molecule has 1 aliphatic heterocycles. The quantitative estimate of drug-likeness (QED) is 0.939. The number of amides is 1. The number of fused-ring (bicyclic) bond motifs is 1. The van der Waals surface area contributed by atoms with Gasteiger partial charge in [0.05, 0.1) is 17.6 Å². The third-order valence-electron chi connectivity index (χ3n) is 3.68. The van der Waals surface area contributed by atoms with Crippen LogP contribution in [0.15, 0.2) is 30.7 Å². The summed E-state index contributed by atoms with van der Waals surface area (Å²) in [6.45, 7) is 4.25. The first kappa shape index (κ1) is 14.0. The van der Waals surface area contributed by atoms with E-state index in [1.54, 1.807) is 18.3 Å². The number of hydrogen-bond acceptors (Lipinski definition) is 4. The highest BCUT2D eigenvalue weighted by atomic mass is 35.5. The number of hydrogen-bond donors (Lipinski definition) is 1. The molecule has 0 fully saturated rings. The minimum absolute atomic E-state index is 0.0789. The molecule has 2 aromatic rings. The summed E-state index contributed by atoms with van der Waals surface area (Å²) in [5.74, 6) is 1.42. The lowest BCUT2D eigenvalue weighted by molar-refractivity contribution is -0.121. The van der Waals surface area contributed by atoms with Crippen molar-refractivity contribution < 1.29 is 4.79 Å². The Morgan fingerprint density at radius 2 is 2.24 bits per heavy atom. The van der Waals surface area contributed by atoms with Gasteiger partial charge in [-0.1, -0.05) is 11.6 Å². The molecule has 1 aliphatic rings. The molecule has 110 valence electrons. The average molecular weight is 306 g/mol. The topological polar surface area (TPSA) is 63.1 Å². The lowest BCUT2D eigenvalue weighted by atomic mass is 10.2. The largest absolute Gasteiger partial charge is 0.333 e. The van der Waals surface area contributed by atoms with E-state index in [0.29, 0.717) is 17.4 Å². The zero-order chi connectivity index (χ0) is 14.8. The van der Waals surface area contributed by atoms with E-state index < -0.39 is 0 Å². The van der Waals surface area contributed by atoms with Gasteiger partial charge in [0, 0.05) is 31.7 Å². The molecule has 0 unspecified atom stereocenters. The highest BCUT2D eigenvalue weighted by Gasteiger charge is 2.25. The van der Waals surface area contributed by atoms with E-state index in [1.165, 1.54) is 6.20 Å². The number of pyridine rings is 1. The number of carbonyl (C=O) groups is 1. The van der Waals surface area contributed by atoms with Crippen LogP contribution in [0.1, 0.15) is 12.7 Å². The summed E-state index contributed by atoms with van der Waals surface area (Å²) in [6, 6.07) is 3.15. The van der Waals surface area contributed by atoms with Crippen molar-refractivity contribution in [1.82, 2.24) is 19.4 Å². The molecular weight excluding hydrogens is 290 g/mol. The van der Waals surface area contributed by atoms with Crippen LogP contribution in [0, 0.1) is 0 Å². The Morgan fingerprint density at radius 3 is 3.00 bits per heavy atom. The summed E-state index contributed by atoms with van der Waals surface area (Å²) in [6.07, 6.45) is 5.27. The second kappa shape index (κ2) is 5.83. The Kier molecular flexibility index (Phi) is 3.90. The van der Waals surface area contributed by atoms with Gasteiger partial charge in [0.25, 0.3) is 0 Å². The van der Waals surface area contributed by atoms with Gasteiger partial charge in [0.1, 0.15) is 11.6 Å². The maximum absolute atomic E-state index is 12.3. The number of nitrogens with zero attached hydrogens (tertiary/aromatic N) is 4. The molecule has 6 nitrogen and oxygen atoms in total. The van der Waals surface area contributed by atoms with Crippen molar-refractivity contribution in [3.05, 3.63) is 41.6 Å². The van der Waals surface area contributed by atoms with Gasteiger partial charge in [-0.05, 0) is 19.1 Å². The average Bonchev–Trinajstić information content (AvgIpc) is 2.96. The van der Waals surface area contributed by atoms with Gasteiger partial charge in [-0.25, -0.2) is 9.97 Å². The molecule has 0 bridgehead atoms. The van der Waals surface area contributed by atoms with E-state index in [4.69, 9.17) is 11.6 Å². The van der Waals surface area contributed by atoms with E-state index in [-0.39, 0.29) is 11.9 Å². The van der Waals surface area contributed by atoms with Crippen LogP contribution in [0.4, 0.5) is 5.82 Å². The Balaban J connectivity index is 1.64. The van der Waals surface area contributed by atoms with Crippen LogP contribution in [0.25, 0.3) is 0 Å². The monoisotopic (exact) mass is 305 g/mol. The molecule has 0 aromatic carbocycles. The van der Waals surface area contributed by atoms with Gasteiger partial charge in [-0.15, -0.1) is 0 Å². The lowest BCUT2D eigenvalue weighted by Crippen LogP contribution is -2.45. The van der Waals surface area contributed by atoms with Crippen molar-refractivity contribution in [2.75, 3.05) is 11.9 Å². The molecule has 0 radical (unpaired) electrons. The second-order valence-corrected chi connectivity index (χ2v) is 5.47. The molecule has 21 heavy (non-hydrogen) atoms. The molecule has 3 heterocycles. The SMILES string of the molecule is C[C@H](C(=O)Nc1ccc(Cl)cn1)N1CCn2ccnc2C1. The Hall–Kier alpha value is -1.92. The van der Waals surface area contributed by atoms with E-state index in [9.17, 15) is 4.79 Å². The minimum Gasteiger partial charge on any atom is -0.333 e. The van der Waals surface area contributed by atoms with Crippen molar-refractivity contribution in [1.29, 1.82) is 0 Å². The number of aromatic nitrogens is 3. The van der Waals surface area contributed by atoms with Crippen LogP contribution in [-0.2, 0) is 17.9 Å². The van der Waals surface area contributed by atoms with Gasteiger partial charge in [-0.3, -0.25) is 9.69 Å². The lowest BCUT2D eigenvalue weighted by Gasteiger charge is -2.31. The first-order chi connectivity index (χ1) is 10.1. The Bertz CT molecular complexity index is 639.